The summed E-state index contributed by atoms with van der Waals surface area (Å²) in [6.07, 6.45) is 0.872. The highest BCUT2D eigenvalue weighted by Gasteiger charge is 2.18. The van der Waals surface area contributed by atoms with E-state index in [0.29, 0.717) is 5.15 Å². The number of hydrogen-bond acceptors (Lipinski definition) is 5. The summed E-state index contributed by atoms with van der Waals surface area (Å²) in [6, 6.07) is 1.75. The molecule has 0 fully saturated rings. The monoisotopic (exact) mass is 310 g/mol. The second kappa shape index (κ2) is 6.06. The molecule has 1 N–H and O–H groups in total. The lowest BCUT2D eigenvalue weighted by Crippen LogP contribution is -2.17. The molecule has 0 atom stereocenters. The number of aryl methyl sites for hydroxylation is 1. The first kappa shape index (κ1) is 15.2. The predicted molar refractivity (Wildman–Crippen MR) is 84.8 cm³/mol. The molecule has 0 aromatic carbocycles. The molecule has 6 heteroatoms. The minimum atomic E-state index is -0.118. The van der Waals surface area contributed by atoms with Crippen LogP contribution in [0.1, 0.15) is 37.3 Å². The quantitative estimate of drug-likeness (QED) is 0.872. The Balaban J connectivity index is 2.00. The van der Waals surface area contributed by atoms with Crippen molar-refractivity contribution in [1.29, 1.82) is 0 Å². The predicted octanol–water partition coefficient (Wildman–Crippen LogP) is 3.85. The summed E-state index contributed by atoms with van der Waals surface area (Å²) in [5.41, 5.74) is 0.990. The van der Waals surface area contributed by atoms with Crippen molar-refractivity contribution >= 4 is 28.8 Å². The summed E-state index contributed by atoms with van der Waals surface area (Å²) < 4.78 is 0. The number of nitrogens with one attached hydrogen (secondary N) is 1. The molecule has 108 valence electrons. The first-order valence-electron chi connectivity index (χ1n) is 6.54. The molecule has 0 amide bonds. The van der Waals surface area contributed by atoms with Crippen molar-refractivity contribution in [3.05, 3.63) is 33.1 Å². The lowest BCUT2D eigenvalue weighted by atomic mass is 9.96. The Morgan fingerprint density at radius 1 is 1.25 bits per heavy atom. The van der Waals surface area contributed by atoms with Gasteiger partial charge in [0.1, 0.15) is 16.8 Å². The second-order valence-corrected chi connectivity index (χ2v) is 7.13. The Labute approximate surface area is 128 Å². The van der Waals surface area contributed by atoms with Gasteiger partial charge >= 0.3 is 0 Å². The van der Waals surface area contributed by atoms with Gasteiger partial charge in [-0.2, -0.15) is 0 Å². The van der Waals surface area contributed by atoms with Gasteiger partial charge < -0.3 is 5.32 Å². The highest BCUT2D eigenvalue weighted by Crippen LogP contribution is 2.22. The van der Waals surface area contributed by atoms with E-state index in [-0.39, 0.29) is 5.41 Å². The van der Waals surface area contributed by atoms with Crippen molar-refractivity contribution in [2.75, 3.05) is 11.9 Å². The average Bonchev–Trinajstić information content (AvgIpc) is 2.73. The summed E-state index contributed by atoms with van der Waals surface area (Å²) in [4.78, 5) is 13.2. The van der Waals surface area contributed by atoms with Crippen molar-refractivity contribution < 1.29 is 0 Å². The summed E-state index contributed by atoms with van der Waals surface area (Å²) in [7, 11) is 0. The molecular weight excluding hydrogens is 292 g/mol. The maximum absolute atomic E-state index is 6.05. The van der Waals surface area contributed by atoms with Crippen LogP contribution in [0.5, 0.6) is 0 Å². The van der Waals surface area contributed by atoms with Gasteiger partial charge in [0.25, 0.3) is 0 Å². The van der Waals surface area contributed by atoms with Crippen LogP contribution in [0.25, 0.3) is 0 Å². The van der Waals surface area contributed by atoms with Gasteiger partial charge in [-0.1, -0.05) is 32.4 Å². The van der Waals surface area contributed by atoms with Crippen LogP contribution in [-0.2, 0) is 11.8 Å². The first-order valence-corrected chi connectivity index (χ1v) is 7.80. The van der Waals surface area contributed by atoms with Crippen LogP contribution in [0.3, 0.4) is 0 Å². The molecule has 0 saturated heterocycles. The van der Waals surface area contributed by atoms with E-state index in [1.165, 1.54) is 0 Å². The molecule has 0 radical (unpaired) electrons. The number of rotatable bonds is 4. The standard InChI is InChI=1S/C14H19ClN4S/c1-9-17-10(8-20-9)5-6-16-12-7-11(15)18-13(19-12)14(2,3)4/h7-8H,5-6H2,1-4H3,(H,16,18,19). The van der Waals surface area contributed by atoms with Crippen LogP contribution in [0.4, 0.5) is 5.82 Å². The van der Waals surface area contributed by atoms with Gasteiger partial charge in [0.2, 0.25) is 0 Å². The zero-order valence-corrected chi connectivity index (χ0v) is 13.8. The molecule has 2 heterocycles. The van der Waals surface area contributed by atoms with Crippen molar-refractivity contribution in [2.24, 2.45) is 0 Å². The van der Waals surface area contributed by atoms with Crippen molar-refractivity contribution in [1.82, 2.24) is 15.0 Å². The number of hydrogen-bond donors (Lipinski definition) is 1. The third-order valence-electron chi connectivity index (χ3n) is 2.72. The average molecular weight is 311 g/mol. The Kier molecular flexibility index (Phi) is 4.60. The highest BCUT2D eigenvalue weighted by molar-refractivity contribution is 7.09. The minimum absolute atomic E-state index is 0.118. The number of aromatic nitrogens is 3. The van der Waals surface area contributed by atoms with E-state index in [2.05, 4.69) is 46.4 Å². The van der Waals surface area contributed by atoms with Gasteiger partial charge in [-0.3, -0.25) is 0 Å². The van der Waals surface area contributed by atoms with Crippen molar-refractivity contribution in [2.45, 2.75) is 39.5 Å². The fraction of sp³-hybridized carbons (Fsp3) is 0.500. The maximum atomic E-state index is 6.05. The molecule has 0 aliphatic heterocycles. The summed E-state index contributed by atoms with van der Waals surface area (Å²) in [5, 5.41) is 6.94. The molecule has 0 unspecified atom stereocenters. The van der Waals surface area contributed by atoms with Gasteiger partial charge in [-0.15, -0.1) is 11.3 Å². The normalized spacial score (nSPS) is 11.7. The van der Waals surface area contributed by atoms with Crippen LogP contribution in [0, 0.1) is 6.92 Å². The van der Waals surface area contributed by atoms with Crippen molar-refractivity contribution in [3.8, 4) is 0 Å². The van der Waals surface area contributed by atoms with E-state index in [9.17, 15) is 0 Å². The topological polar surface area (TPSA) is 50.7 Å². The van der Waals surface area contributed by atoms with E-state index in [1.807, 2.05) is 6.92 Å². The lowest BCUT2D eigenvalue weighted by molar-refractivity contribution is 0.546. The molecule has 0 spiro atoms. The first-order chi connectivity index (χ1) is 9.34. The molecule has 2 aromatic heterocycles. The lowest BCUT2D eigenvalue weighted by Gasteiger charge is -2.17. The molecule has 20 heavy (non-hydrogen) atoms. The van der Waals surface area contributed by atoms with Crippen LogP contribution in [-0.4, -0.2) is 21.5 Å². The van der Waals surface area contributed by atoms with Gasteiger partial charge in [0, 0.05) is 29.8 Å². The smallest absolute Gasteiger partial charge is 0.137 e. The molecule has 0 aliphatic carbocycles. The Hall–Kier alpha value is -1.20. The summed E-state index contributed by atoms with van der Waals surface area (Å²) >= 11 is 7.73. The highest BCUT2D eigenvalue weighted by atomic mass is 35.5. The molecule has 2 rings (SSSR count). The van der Waals surface area contributed by atoms with Crippen LogP contribution >= 0.6 is 22.9 Å². The Morgan fingerprint density at radius 3 is 2.60 bits per heavy atom. The number of thiazole rings is 1. The largest absolute Gasteiger partial charge is 0.370 e. The van der Waals surface area contributed by atoms with E-state index < -0.39 is 0 Å². The number of nitrogens with zero attached hydrogens (tertiary/aromatic N) is 3. The molecule has 4 nitrogen and oxygen atoms in total. The van der Waals surface area contributed by atoms with Gasteiger partial charge in [-0.25, -0.2) is 15.0 Å². The maximum Gasteiger partial charge on any atom is 0.137 e. The van der Waals surface area contributed by atoms with Crippen molar-refractivity contribution in [3.63, 3.8) is 0 Å². The number of anilines is 1. The second-order valence-electron chi connectivity index (χ2n) is 5.68. The number of halogens is 1. The molecule has 0 aliphatic rings. The fourth-order valence-electron chi connectivity index (χ4n) is 1.69. The Bertz CT molecular complexity index is 589. The van der Waals surface area contributed by atoms with Gasteiger partial charge in [0.05, 0.1) is 10.7 Å². The zero-order chi connectivity index (χ0) is 14.8. The fourth-order valence-corrected chi connectivity index (χ4v) is 2.52. The Morgan fingerprint density at radius 2 is 2.00 bits per heavy atom. The molecule has 0 bridgehead atoms. The van der Waals surface area contributed by atoms with E-state index >= 15 is 0 Å². The summed E-state index contributed by atoms with van der Waals surface area (Å²) in [6.45, 7) is 9.00. The van der Waals surface area contributed by atoms with Crippen LogP contribution in [0.15, 0.2) is 11.4 Å². The third kappa shape index (κ3) is 4.15. The summed E-state index contributed by atoms with van der Waals surface area (Å²) in [5.74, 6) is 1.51. The molecule has 0 saturated carbocycles. The SMILES string of the molecule is Cc1nc(CCNc2cc(Cl)nc(C(C)(C)C)n2)cs1. The van der Waals surface area contributed by atoms with Gasteiger partial charge in [-0.05, 0) is 6.92 Å². The van der Waals surface area contributed by atoms with E-state index in [0.717, 1.165) is 35.3 Å². The molecular formula is C14H19ClN4S. The van der Waals surface area contributed by atoms with Gasteiger partial charge in [0.15, 0.2) is 0 Å². The van der Waals surface area contributed by atoms with Crippen LogP contribution < -0.4 is 5.32 Å². The van der Waals surface area contributed by atoms with E-state index in [4.69, 9.17) is 11.6 Å². The molecule has 2 aromatic rings. The minimum Gasteiger partial charge on any atom is -0.370 e. The third-order valence-corrected chi connectivity index (χ3v) is 3.74. The zero-order valence-electron chi connectivity index (χ0n) is 12.2. The van der Waals surface area contributed by atoms with Crippen LogP contribution in [0.2, 0.25) is 5.15 Å². The van der Waals surface area contributed by atoms with E-state index in [1.54, 1.807) is 17.4 Å².